The molecule has 1 rings (SSSR count). The quantitative estimate of drug-likeness (QED) is 0.252. The molecule has 0 aromatic heterocycles. The monoisotopic (exact) mass is 292 g/mol. The molecule has 1 aliphatic rings. The van der Waals surface area contributed by atoms with Gasteiger partial charge in [-0.1, -0.05) is 13.8 Å². The minimum absolute atomic E-state index is 0.347. The lowest BCUT2D eigenvalue weighted by Crippen LogP contribution is -2.40. The van der Waals surface area contributed by atoms with E-state index >= 15 is 0 Å². The van der Waals surface area contributed by atoms with Crippen LogP contribution in [0.2, 0.25) is 11.6 Å². The second-order valence-electron chi connectivity index (χ2n) is 5.34. The summed E-state index contributed by atoms with van der Waals surface area (Å²) in [7, 11) is 1.83. The molecule has 0 N–H and O–H groups in total. The Bertz CT molecular complexity index is 241. The molecule has 0 amide bonds. The number of rotatable bonds is 11. The van der Waals surface area contributed by atoms with Crippen molar-refractivity contribution in [3.8, 4) is 0 Å². The molecule has 1 aliphatic heterocycles. The van der Waals surface area contributed by atoms with Crippen LogP contribution in [0.15, 0.2) is 0 Å². The summed E-state index contributed by atoms with van der Waals surface area (Å²) in [6.45, 7) is 8.56. The predicted molar refractivity (Wildman–Crippen MR) is 75.7 cm³/mol. The van der Waals surface area contributed by atoms with Gasteiger partial charge in [0.2, 0.25) is 0 Å². The SMILES string of the molecule is COC(C)(OC)O[SiH](CCCOCC1CO1)C(C)C. The molecule has 0 aromatic rings. The lowest BCUT2D eigenvalue weighted by atomic mass is 10.5. The van der Waals surface area contributed by atoms with E-state index in [0.717, 1.165) is 32.3 Å². The highest BCUT2D eigenvalue weighted by molar-refractivity contribution is 6.53. The van der Waals surface area contributed by atoms with Crippen molar-refractivity contribution in [1.29, 1.82) is 0 Å². The molecule has 1 saturated heterocycles. The second kappa shape index (κ2) is 8.34. The fourth-order valence-electron chi connectivity index (χ4n) is 1.75. The van der Waals surface area contributed by atoms with Gasteiger partial charge in [0.15, 0.2) is 9.04 Å². The maximum Gasteiger partial charge on any atom is 0.269 e. The van der Waals surface area contributed by atoms with E-state index in [1.54, 1.807) is 14.2 Å². The lowest BCUT2D eigenvalue weighted by molar-refractivity contribution is -0.313. The first-order valence-corrected chi connectivity index (χ1v) is 8.93. The molecule has 0 bridgehead atoms. The van der Waals surface area contributed by atoms with Crippen molar-refractivity contribution in [2.75, 3.05) is 34.0 Å². The summed E-state index contributed by atoms with van der Waals surface area (Å²) in [6.07, 6.45) is 1.37. The first-order valence-electron chi connectivity index (χ1n) is 6.98. The highest BCUT2D eigenvalue weighted by Crippen LogP contribution is 2.23. The smallest absolute Gasteiger partial charge is 0.269 e. The van der Waals surface area contributed by atoms with Gasteiger partial charge < -0.3 is 23.4 Å². The minimum atomic E-state index is -1.38. The van der Waals surface area contributed by atoms with Gasteiger partial charge >= 0.3 is 0 Å². The van der Waals surface area contributed by atoms with Gasteiger partial charge in [-0.3, -0.25) is 0 Å². The van der Waals surface area contributed by atoms with Gasteiger partial charge in [0.25, 0.3) is 5.97 Å². The number of epoxide rings is 1. The van der Waals surface area contributed by atoms with Crippen molar-refractivity contribution in [2.45, 2.75) is 50.9 Å². The van der Waals surface area contributed by atoms with Crippen LogP contribution in [-0.4, -0.2) is 55.2 Å². The Kier molecular flexibility index (Phi) is 7.49. The van der Waals surface area contributed by atoms with Crippen LogP contribution in [0.5, 0.6) is 0 Å². The molecule has 19 heavy (non-hydrogen) atoms. The van der Waals surface area contributed by atoms with Crippen molar-refractivity contribution in [3.63, 3.8) is 0 Å². The Labute approximate surface area is 118 Å². The summed E-state index contributed by atoms with van der Waals surface area (Å²) < 4.78 is 27.3. The zero-order valence-corrected chi connectivity index (χ0v) is 14.0. The van der Waals surface area contributed by atoms with Crippen LogP contribution in [-0.2, 0) is 23.4 Å². The number of ether oxygens (including phenoxy) is 4. The van der Waals surface area contributed by atoms with Crippen LogP contribution < -0.4 is 0 Å². The van der Waals surface area contributed by atoms with E-state index in [9.17, 15) is 0 Å². The van der Waals surface area contributed by atoms with E-state index in [2.05, 4.69) is 13.8 Å². The maximum absolute atomic E-state index is 6.05. The Balaban J connectivity index is 2.22. The van der Waals surface area contributed by atoms with Crippen molar-refractivity contribution in [2.24, 2.45) is 0 Å². The summed E-state index contributed by atoms with van der Waals surface area (Å²) in [5.41, 5.74) is 0.538. The Morgan fingerprint density at radius 2 is 1.95 bits per heavy atom. The summed E-state index contributed by atoms with van der Waals surface area (Å²) in [4.78, 5) is 0. The molecular formula is C13H28O5Si. The van der Waals surface area contributed by atoms with Gasteiger partial charge in [-0.15, -0.1) is 0 Å². The average Bonchev–Trinajstić information content (AvgIpc) is 3.20. The van der Waals surface area contributed by atoms with E-state index < -0.39 is 15.0 Å². The number of hydrogen-bond acceptors (Lipinski definition) is 5. The van der Waals surface area contributed by atoms with Gasteiger partial charge in [0.05, 0.1) is 13.2 Å². The van der Waals surface area contributed by atoms with Crippen molar-refractivity contribution in [1.82, 2.24) is 0 Å². The minimum Gasteiger partial charge on any atom is -0.379 e. The fourth-order valence-corrected chi connectivity index (χ4v) is 4.12. The molecule has 5 nitrogen and oxygen atoms in total. The lowest BCUT2D eigenvalue weighted by Gasteiger charge is -2.32. The van der Waals surface area contributed by atoms with Crippen molar-refractivity contribution >= 4 is 9.04 Å². The highest BCUT2D eigenvalue weighted by Gasteiger charge is 2.30. The predicted octanol–water partition coefficient (Wildman–Crippen LogP) is 1.91. The Morgan fingerprint density at radius 3 is 2.42 bits per heavy atom. The molecule has 2 unspecified atom stereocenters. The van der Waals surface area contributed by atoms with Crippen molar-refractivity contribution in [3.05, 3.63) is 0 Å². The summed E-state index contributed by atoms with van der Waals surface area (Å²) in [5.74, 6) is -0.913. The first kappa shape index (κ1) is 17.1. The average molecular weight is 292 g/mol. The molecule has 0 aliphatic carbocycles. The molecule has 0 saturated carbocycles. The summed E-state index contributed by atoms with van der Waals surface area (Å²) >= 11 is 0. The summed E-state index contributed by atoms with van der Waals surface area (Å²) in [5, 5.41) is 0. The molecule has 1 heterocycles. The van der Waals surface area contributed by atoms with Crippen LogP contribution in [0.3, 0.4) is 0 Å². The Hall–Kier alpha value is 0.0169. The molecule has 0 aromatic carbocycles. The maximum atomic E-state index is 6.05. The summed E-state index contributed by atoms with van der Waals surface area (Å²) in [6, 6.07) is 1.06. The first-order chi connectivity index (χ1) is 9.00. The van der Waals surface area contributed by atoms with Gasteiger partial charge in [-0.2, -0.15) is 0 Å². The van der Waals surface area contributed by atoms with Crippen LogP contribution in [0, 0.1) is 0 Å². The molecule has 2 atom stereocenters. The van der Waals surface area contributed by atoms with Gasteiger partial charge in [0.1, 0.15) is 6.10 Å². The second-order valence-corrected chi connectivity index (χ2v) is 8.57. The fraction of sp³-hybridized carbons (Fsp3) is 1.00. The molecule has 0 spiro atoms. The van der Waals surface area contributed by atoms with Crippen LogP contribution >= 0.6 is 0 Å². The van der Waals surface area contributed by atoms with E-state index in [1.807, 2.05) is 6.92 Å². The van der Waals surface area contributed by atoms with E-state index in [4.69, 9.17) is 23.4 Å². The number of hydrogen-bond donors (Lipinski definition) is 0. The Morgan fingerprint density at radius 1 is 1.32 bits per heavy atom. The third kappa shape index (κ3) is 6.83. The van der Waals surface area contributed by atoms with Gasteiger partial charge in [-0.25, -0.2) is 0 Å². The van der Waals surface area contributed by atoms with Crippen LogP contribution in [0.1, 0.15) is 27.2 Å². The van der Waals surface area contributed by atoms with Gasteiger partial charge in [0, 0.05) is 27.8 Å². The molecule has 1 fully saturated rings. The normalized spacial score (nSPS) is 20.8. The van der Waals surface area contributed by atoms with E-state index in [-0.39, 0.29) is 0 Å². The molecule has 0 radical (unpaired) electrons. The third-order valence-corrected chi connectivity index (χ3v) is 6.53. The van der Waals surface area contributed by atoms with Crippen LogP contribution in [0.25, 0.3) is 0 Å². The molecule has 6 heteroatoms. The zero-order valence-electron chi connectivity index (χ0n) is 12.8. The van der Waals surface area contributed by atoms with Crippen molar-refractivity contribution < 1.29 is 23.4 Å². The zero-order chi connectivity index (χ0) is 14.3. The van der Waals surface area contributed by atoms with E-state index in [0.29, 0.717) is 11.6 Å². The topological polar surface area (TPSA) is 49.5 Å². The number of methoxy groups -OCH3 is 2. The molecular weight excluding hydrogens is 264 g/mol. The standard InChI is InChI=1S/C13H28O5Si/c1-11(2)19(18-13(3,14-4)15-5)8-6-7-16-9-12-10-17-12/h11-12,19H,6-10H2,1-5H3. The van der Waals surface area contributed by atoms with Crippen LogP contribution in [0.4, 0.5) is 0 Å². The van der Waals surface area contributed by atoms with E-state index in [1.165, 1.54) is 0 Å². The third-order valence-electron chi connectivity index (χ3n) is 3.33. The highest BCUT2D eigenvalue weighted by atomic mass is 28.3. The molecule has 114 valence electrons. The van der Waals surface area contributed by atoms with Gasteiger partial charge in [-0.05, 0) is 18.0 Å². The largest absolute Gasteiger partial charge is 0.379 e.